The van der Waals surface area contributed by atoms with Crippen LogP contribution in [-0.4, -0.2) is 31.7 Å². The summed E-state index contributed by atoms with van der Waals surface area (Å²) in [4.78, 5) is 11.9. The van der Waals surface area contributed by atoms with E-state index in [0.717, 1.165) is 31.5 Å². The van der Waals surface area contributed by atoms with E-state index in [9.17, 15) is 4.79 Å². The molecule has 1 aromatic rings. The molecule has 1 heterocycles. The molecular formula is C16H24N2O2. The van der Waals surface area contributed by atoms with Crippen molar-refractivity contribution in [2.45, 2.75) is 38.8 Å². The standard InChI is InChI=1S/C16H24N2O2/c1-12-5-3-4-6-15(12)13(2)18-16(19)11-20-14-7-9-17-10-8-14/h3-6,13-14,17H,7-11H2,1-2H3,(H,18,19)/t13-/m1/s1. The van der Waals surface area contributed by atoms with Gasteiger partial charge in [0.1, 0.15) is 6.61 Å². The molecule has 20 heavy (non-hydrogen) atoms. The molecule has 1 fully saturated rings. The SMILES string of the molecule is Cc1ccccc1[C@@H](C)NC(=O)COC1CCNCC1. The number of carbonyl (C=O) groups excluding carboxylic acids is 1. The summed E-state index contributed by atoms with van der Waals surface area (Å²) in [6.45, 7) is 6.17. The summed E-state index contributed by atoms with van der Waals surface area (Å²) in [5, 5.41) is 6.28. The van der Waals surface area contributed by atoms with Crippen LogP contribution in [0.4, 0.5) is 0 Å². The molecule has 0 saturated carbocycles. The quantitative estimate of drug-likeness (QED) is 0.864. The van der Waals surface area contributed by atoms with Gasteiger partial charge in [-0.25, -0.2) is 0 Å². The van der Waals surface area contributed by atoms with Crippen LogP contribution in [0.25, 0.3) is 0 Å². The summed E-state index contributed by atoms with van der Waals surface area (Å²) in [5.74, 6) is -0.0423. The predicted molar refractivity (Wildman–Crippen MR) is 79.6 cm³/mol. The number of rotatable bonds is 5. The second kappa shape index (κ2) is 7.41. The van der Waals surface area contributed by atoms with Gasteiger partial charge in [-0.2, -0.15) is 0 Å². The van der Waals surface area contributed by atoms with Crippen molar-refractivity contribution in [1.29, 1.82) is 0 Å². The van der Waals surface area contributed by atoms with E-state index in [1.165, 1.54) is 5.56 Å². The fraction of sp³-hybridized carbons (Fsp3) is 0.562. The first kappa shape index (κ1) is 15.0. The fourth-order valence-corrected chi connectivity index (χ4v) is 2.59. The molecule has 1 atom stereocenters. The second-order valence-electron chi connectivity index (χ2n) is 5.41. The number of ether oxygens (including phenoxy) is 1. The maximum absolute atomic E-state index is 11.9. The number of nitrogens with one attached hydrogen (secondary N) is 2. The zero-order valence-corrected chi connectivity index (χ0v) is 12.3. The van der Waals surface area contributed by atoms with Crippen LogP contribution in [0.1, 0.15) is 36.9 Å². The Kier molecular flexibility index (Phi) is 5.56. The first-order valence-electron chi connectivity index (χ1n) is 7.34. The number of hydrogen-bond acceptors (Lipinski definition) is 3. The van der Waals surface area contributed by atoms with E-state index >= 15 is 0 Å². The highest BCUT2D eigenvalue weighted by Crippen LogP contribution is 2.16. The molecule has 0 spiro atoms. The van der Waals surface area contributed by atoms with Crippen molar-refractivity contribution in [3.63, 3.8) is 0 Å². The fourth-order valence-electron chi connectivity index (χ4n) is 2.59. The molecule has 4 nitrogen and oxygen atoms in total. The first-order valence-corrected chi connectivity index (χ1v) is 7.34. The van der Waals surface area contributed by atoms with Gasteiger partial charge in [0.25, 0.3) is 0 Å². The highest BCUT2D eigenvalue weighted by molar-refractivity contribution is 5.77. The molecule has 2 rings (SSSR count). The third kappa shape index (κ3) is 4.32. The van der Waals surface area contributed by atoms with E-state index < -0.39 is 0 Å². The van der Waals surface area contributed by atoms with Gasteiger partial charge >= 0.3 is 0 Å². The minimum Gasteiger partial charge on any atom is -0.368 e. The summed E-state index contributed by atoms with van der Waals surface area (Å²) in [6, 6.07) is 8.13. The Balaban J connectivity index is 1.77. The summed E-state index contributed by atoms with van der Waals surface area (Å²) in [6.07, 6.45) is 2.19. The molecule has 0 radical (unpaired) electrons. The van der Waals surface area contributed by atoms with Crippen LogP contribution in [0.2, 0.25) is 0 Å². The van der Waals surface area contributed by atoms with Crippen LogP contribution in [0.3, 0.4) is 0 Å². The lowest BCUT2D eigenvalue weighted by molar-refractivity contribution is -0.128. The summed E-state index contributed by atoms with van der Waals surface area (Å²) < 4.78 is 5.66. The summed E-state index contributed by atoms with van der Waals surface area (Å²) in [5.41, 5.74) is 2.35. The molecule has 1 aliphatic heterocycles. The lowest BCUT2D eigenvalue weighted by atomic mass is 10.0. The van der Waals surface area contributed by atoms with E-state index in [1.54, 1.807) is 0 Å². The largest absolute Gasteiger partial charge is 0.368 e. The Morgan fingerprint density at radius 1 is 1.40 bits per heavy atom. The second-order valence-corrected chi connectivity index (χ2v) is 5.41. The zero-order valence-electron chi connectivity index (χ0n) is 12.3. The molecule has 110 valence electrons. The van der Waals surface area contributed by atoms with Crippen LogP contribution in [0.5, 0.6) is 0 Å². The van der Waals surface area contributed by atoms with Crippen LogP contribution >= 0.6 is 0 Å². The van der Waals surface area contributed by atoms with Crippen LogP contribution in [0, 0.1) is 6.92 Å². The Morgan fingerprint density at radius 2 is 2.10 bits per heavy atom. The average molecular weight is 276 g/mol. The van der Waals surface area contributed by atoms with Gasteiger partial charge in [0.05, 0.1) is 12.1 Å². The number of aryl methyl sites for hydroxylation is 1. The molecule has 0 aromatic heterocycles. The van der Waals surface area contributed by atoms with Crippen molar-refractivity contribution < 1.29 is 9.53 Å². The van der Waals surface area contributed by atoms with Crippen LogP contribution < -0.4 is 10.6 Å². The lowest BCUT2D eigenvalue weighted by Crippen LogP contribution is -2.36. The van der Waals surface area contributed by atoms with Gasteiger partial charge in [-0.1, -0.05) is 24.3 Å². The number of amides is 1. The maximum atomic E-state index is 11.9. The number of hydrogen-bond donors (Lipinski definition) is 2. The Hall–Kier alpha value is -1.39. The van der Waals surface area contributed by atoms with E-state index in [2.05, 4.69) is 23.6 Å². The van der Waals surface area contributed by atoms with E-state index in [4.69, 9.17) is 4.74 Å². The minimum absolute atomic E-state index is 0.0142. The molecule has 1 amide bonds. The Bertz CT molecular complexity index is 442. The highest BCUT2D eigenvalue weighted by Gasteiger charge is 2.16. The molecule has 4 heteroatoms. The van der Waals surface area contributed by atoms with Gasteiger partial charge in [-0.3, -0.25) is 4.79 Å². The molecule has 0 bridgehead atoms. The first-order chi connectivity index (χ1) is 9.66. The van der Waals surface area contributed by atoms with Gasteiger partial charge in [-0.05, 0) is 50.9 Å². The summed E-state index contributed by atoms with van der Waals surface area (Å²) in [7, 11) is 0. The molecule has 1 aliphatic rings. The third-order valence-electron chi connectivity index (χ3n) is 3.77. The van der Waals surface area contributed by atoms with Gasteiger partial charge in [0, 0.05) is 0 Å². The average Bonchev–Trinajstić information content (AvgIpc) is 2.46. The lowest BCUT2D eigenvalue weighted by Gasteiger charge is -2.23. The van der Waals surface area contributed by atoms with Crippen molar-refractivity contribution in [1.82, 2.24) is 10.6 Å². The van der Waals surface area contributed by atoms with Gasteiger partial charge in [-0.15, -0.1) is 0 Å². The molecule has 0 aliphatic carbocycles. The molecular weight excluding hydrogens is 252 g/mol. The minimum atomic E-state index is -0.0423. The van der Waals surface area contributed by atoms with Gasteiger partial charge in [0.2, 0.25) is 5.91 Å². The number of piperidine rings is 1. The molecule has 1 aromatic carbocycles. The van der Waals surface area contributed by atoms with Crippen molar-refractivity contribution in [2.75, 3.05) is 19.7 Å². The maximum Gasteiger partial charge on any atom is 0.246 e. The predicted octanol–water partition coefficient (Wildman–Crippen LogP) is 1.94. The molecule has 0 unspecified atom stereocenters. The van der Waals surface area contributed by atoms with E-state index in [0.29, 0.717) is 0 Å². The topological polar surface area (TPSA) is 50.4 Å². The highest BCUT2D eigenvalue weighted by atomic mass is 16.5. The Labute approximate surface area is 120 Å². The number of benzene rings is 1. The zero-order chi connectivity index (χ0) is 14.4. The third-order valence-corrected chi connectivity index (χ3v) is 3.77. The molecule has 2 N–H and O–H groups in total. The normalized spacial score (nSPS) is 17.7. The van der Waals surface area contributed by atoms with Crippen LogP contribution in [0.15, 0.2) is 24.3 Å². The smallest absolute Gasteiger partial charge is 0.246 e. The van der Waals surface area contributed by atoms with Gasteiger partial charge < -0.3 is 15.4 Å². The van der Waals surface area contributed by atoms with Crippen LogP contribution in [-0.2, 0) is 9.53 Å². The van der Waals surface area contributed by atoms with Crippen molar-refractivity contribution in [2.24, 2.45) is 0 Å². The number of carbonyl (C=O) groups is 1. The van der Waals surface area contributed by atoms with Gasteiger partial charge in [0.15, 0.2) is 0 Å². The van der Waals surface area contributed by atoms with Crippen molar-refractivity contribution in [3.8, 4) is 0 Å². The summed E-state index contributed by atoms with van der Waals surface area (Å²) >= 11 is 0. The monoisotopic (exact) mass is 276 g/mol. The molecule has 1 saturated heterocycles. The van der Waals surface area contributed by atoms with Crippen molar-refractivity contribution >= 4 is 5.91 Å². The van der Waals surface area contributed by atoms with E-state index in [-0.39, 0.29) is 24.7 Å². The Morgan fingerprint density at radius 3 is 2.80 bits per heavy atom. The van der Waals surface area contributed by atoms with Crippen molar-refractivity contribution in [3.05, 3.63) is 35.4 Å². The van der Waals surface area contributed by atoms with E-state index in [1.807, 2.05) is 25.1 Å².